The molecule has 0 aliphatic heterocycles. The molecule has 0 bridgehead atoms. The maximum absolute atomic E-state index is 11.7. The molecule has 0 radical (unpaired) electrons. The summed E-state index contributed by atoms with van der Waals surface area (Å²) in [4.78, 5) is 15.6. The number of nitrogens with zero attached hydrogens (tertiary/aromatic N) is 1. The average Bonchev–Trinajstić information content (AvgIpc) is 2.65. The van der Waals surface area contributed by atoms with Crippen molar-refractivity contribution in [3.63, 3.8) is 0 Å². The average molecular weight is 281 g/mol. The molecule has 0 saturated carbocycles. The van der Waals surface area contributed by atoms with Crippen molar-refractivity contribution in [2.75, 3.05) is 18.6 Å². The van der Waals surface area contributed by atoms with E-state index in [0.29, 0.717) is 16.6 Å². The number of amides is 1. The standard InChI is InChI=1S/C9H13ClN2O2S2/c1-15-4-6(2-3-13)11-8(14)9-12-7(10)5-16-9/h5-6,13H,2-4H2,1H3,(H,11,14)/t6-/m1/s1. The molecule has 1 amide bonds. The fourth-order valence-electron chi connectivity index (χ4n) is 1.16. The van der Waals surface area contributed by atoms with Gasteiger partial charge in [-0.25, -0.2) is 4.98 Å². The van der Waals surface area contributed by atoms with Gasteiger partial charge in [-0.3, -0.25) is 4.79 Å². The summed E-state index contributed by atoms with van der Waals surface area (Å²) in [5.41, 5.74) is 0. The van der Waals surface area contributed by atoms with Crippen LogP contribution in [0.4, 0.5) is 0 Å². The monoisotopic (exact) mass is 280 g/mol. The number of aromatic nitrogens is 1. The van der Waals surface area contributed by atoms with E-state index in [2.05, 4.69) is 10.3 Å². The number of carbonyl (C=O) groups is 1. The zero-order valence-electron chi connectivity index (χ0n) is 8.77. The molecule has 1 heterocycles. The number of nitrogens with one attached hydrogen (secondary N) is 1. The molecule has 7 heteroatoms. The summed E-state index contributed by atoms with van der Waals surface area (Å²) in [6.45, 7) is 0.0597. The number of hydrogen-bond donors (Lipinski definition) is 2. The van der Waals surface area contributed by atoms with E-state index >= 15 is 0 Å². The Kier molecular flexibility index (Phi) is 6.12. The van der Waals surface area contributed by atoms with Gasteiger partial charge in [0.05, 0.1) is 0 Å². The van der Waals surface area contributed by atoms with Gasteiger partial charge in [0.15, 0.2) is 5.01 Å². The Morgan fingerprint density at radius 1 is 1.81 bits per heavy atom. The molecule has 0 saturated heterocycles. The molecule has 4 nitrogen and oxygen atoms in total. The van der Waals surface area contributed by atoms with E-state index in [1.807, 2.05) is 6.26 Å². The summed E-state index contributed by atoms with van der Waals surface area (Å²) in [5.74, 6) is 0.537. The molecular weight excluding hydrogens is 268 g/mol. The Morgan fingerprint density at radius 2 is 2.56 bits per heavy atom. The van der Waals surface area contributed by atoms with Crippen molar-refractivity contribution in [1.29, 1.82) is 0 Å². The van der Waals surface area contributed by atoms with Gasteiger partial charge in [-0.2, -0.15) is 11.8 Å². The summed E-state index contributed by atoms with van der Waals surface area (Å²) in [7, 11) is 0. The van der Waals surface area contributed by atoms with E-state index in [-0.39, 0.29) is 18.6 Å². The highest BCUT2D eigenvalue weighted by molar-refractivity contribution is 7.98. The summed E-state index contributed by atoms with van der Waals surface area (Å²) >= 11 is 8.47. The number of carbonyl (C=O) groups excluding carboxylic acids is 1. The molecule has 0 spiro atoms. The Morgan fingerprint density at radius 3 is 3.06 bits per heavy atom. The summed E-state index contributed by atoms with van der Waals surface area (Å²) < 4.78 is 0. The highest BCUT2D eigenvalue weighted by atomic mass is 35.5. The number of rotatable bonds is 6. The van der Waals surface area contributed by atoms with Crippen LogP contribution in [0.2, 0.25) is 5.15 Å². The molecule has 0 aromatic carbocycles. The maximum Gasteiger partial charge on any atom is 0.280 e. The molecule has 16 heavy (non-hydrogen) atoms. The van der Waals surface area contributed by atoms with Crippen LogP contribution in [0.1, 0.15) is 16.2 Å². The molecule has 2 N–H and O–H groups in total. The normalized spacial score (nSPS) is 12.4. The minimum absolute atomic E-state index is 0.0322. The number of aliphatic hydroxyl groups excluding tert-OH is 1. The van der Waals surface area contributed by atoms with Gasteiger partial charge in [0.25, 0.3) is 5.91 Å². The summed E-state index contributed by atoms with van der Waals surface area (Å²) in [6, 6.07) is -0.0322. The first-order valence-corrected chi connectivity index (χ1v) is 7.34. The van der Waals surface area contributed by atoms with Crippen molar-refractivity contribution < 1.29 is 9.90 Å². The molecule has 1 rings (SSSR count). The third kappa shape index (κ3) is 4.29. The Balaban J connectivity index is 2.54. The van der Waals surface area contributed by atoms with Crippen molar-refractivity contribution in [2.45, 2.75) is 12.5 Å². The van der Waals surface area contributed by atoms with E-state index < -0.39 is 0 Å². The van der Waals surface area contributed by atoms with Gasteiger partial charge in [0.2, 0.25) is 0 Å². The third-order valence-electron chi connectivity index (χ3n) is 1.85. The second-order valence-electron chi connectivity index (χ2n) is 3.11. The van der Waals surface area contributed by atoms with Gasteiger partial charge in [0.1, 0.15) is 5.15 Å². The van der Waals surface area contributed by atoms with Crippen LogP contribution in [0.5, 0.6) is 0 Å². The lowest BCUT2D eigenvalue weighted by Crippen LogP contribution is -2.37. The maximum atomic E-state index is 11.7. The van der Waals surface area contributed by atoms with Gasteiger partial charge >= 0.3 is 0 Å². The van der Waals surface area contributed by atoms with Crippen LogP contribution in [-0.2, 0) is 0 Å². The topological polar surface area (TPSA) is 62.2 Å². The predicted molar refractivity (Wildman–Crippen MR) is 68.5 cm³/mol. The number of aliphatic hydroxyl groups is 1. The number of hydrogen-bond acceptors (Lipinski definition) is 5. The number of thioether (sulfide) groups is 1. The van der Waals surface area contributed by atoms with Crippen molar-refractivity contribution in [3.05, 3.63) is 15.5 Å². The first-order valence-electron chi connectivity index (χ1n) is 4.69. The Labute approximate surface area is 107 Å². The SMILES string of the molecule is CSC[C@@H](CCO)NC(=O)c1nc(Cl)cs1. The summed E-state index contributed by atoms with van der Waals surface area (Å²) in [6.07, 6.45) is 2.50. The minimum atomic E-state index is -0.232. The fraction of sp³-hybridized carbons (Fsp3) is 0.556. The zero-order valence-corrected chi connectivity index (χ0v) is 11.2. The van der Waals surface area contributed by atoms with Crippen LogP contribution in [0.3, 0.4) is 0 Å². The lowest BCUT2D eigenvalue weighted by atomic mass is 10.2. The van der Waals surface area contributed by atoms with E-state index in [1.165, 1.54) is 11.3 Å². The highest BCUT2D eigenvalue weighted by Crippen LogP contribution is 2.14. The molecule has 0 fully saturated rings. The highest BCUT2D eigenvalue weighted by Gasteiger charge is 2.15. The lowest BCUT2D eigenvalue weighted by Gasteiger charge is -2.15. The van der Waals surface area contributed by atoms with Crippen LogP contribution >= 0.6 is 34.7 Å². The van der Waals surface area contributed by atoms with Gasteiger partial charge in [-0.1, -0.05) is 11.6 Å². The molecule has 1 atom stereocenters. The molecule has 1 aromatic rings. The fourth-order valence-corrected chi connectivity index (χ4v) is 2.66. The smallest absolute Gasteiger partial charge is 0.280 e. The van der Waals surface area contributed by atoms with E-state index in [0.717, 1.165) is 5.75 Å². The number of halogens is 1. The van der Waals surface area contributed by atoms with Gasteiger partial charge < -0.3 is 10.4 Å². The minimum Gasteiger partial charge on any atom is -0.396 e. The van der Waals surface area contributed by atoms with Crippen LogP contribution in [0.25, 0.3) is 0 Å². The van der Waals surface area contributed by atoms with Gasteiger partial charge in [-0.05, 0) is 12.7 Å². The quantitative estimate of drug-likeness (QED) is 0.832. The first kappa shape index (κ1) is 13.8. The predicted octanol–water partition coefficient (Wildman–Crippen LogP) is 1.64. The zero-order chi connectivity index (χ0) is 12.0. The van der Waals surface area contributed by atoms with Crippen LogP contribution < -0.4 is 5.32 Å². The van der Waals surface area contributed by atoms with Crippen LogP contribution in [0.15, 0.2) is 5.38 Å². The van der Waals surface area contributed by atoms with Gasteiger partial charge in [0, 0.05) is 23.8 Å². The van der Waals surface area contributed by atoms with Crippen molar-refractivity contribution in [1.82, 2.24) is 10.3 Å². The van der Waals surface area contributed by atoms with E-state index in [1.54, 1.807) is 17.1 Å². The molecule has 90 valence electrons. The molecule has 1 aromatic heterocycles. The molecule has 0 aliphatic rings. The number of thiazole rings is 1. The summed E-state index contributed by atoms with van der Waals surface area (Å²) in [5, 5.41) is 14.0. The van der Waals surface area contributed by atoms with Gasteiger partial charge in [-0.15, -0.1) is 11.3 Å². The van der Waals surface area contributed by atoms with Crippen molar-refractivity contribution >= 4 is 40.6 Å². The van der Waals surface area contributed by atoms with Crippen LogP contribution in [-0.4, -0.2) is 40.7 Å². The molecule has 0 aliphatic carbocycles. The second kappa shape index (κ2) is 7.11. The molecule has 0 unspecified atom stereocenters. The Bertz CT molecular complexity index is 340. The van der Waals surface area contributed by atoms with Crippen molar-refractivity contribution in [2.24, 2.45) is 0 Å². The van der Waals surface area contributed by atoms with E-state index in [9.17, 15) is 4.79 Å². The van der Waals surface area contributed by atoms with Crippen LogP contribution in [0, 0.1) is 0 Å². The Hall–Kier alpha value is -0.300. The van der Waals surface area contributed by atoms with Crippen molar-refractivity contribution in [3.8, 4) is 0 Å². The third-order valence-corrected chi connectivity index (χ3v) is 3.75. The van der Waals surface area contributed by atoms with E-state index in [4.69, 9.17) is 16.7 Å². The second-order valence-corrected chi connectivity index (χ2v) is 5.27. The lowest BCUT2D eigenvalue weighted by molar-refractivity contribution is 0.0935. The molecular formula is C9H13ClN2O2S2. The first-order chi connectivity index (χ1) is 7.67. The largest absolute Gasteiger partial charge is 0.396 e.